The highest BCUT2D eigenvalue weighted by molar-refractivity contribution is 7.82. The van der Waals surface area contributed by atoms with Crippen LogP contribution in [0.15, 0.2) is 11.6 Å². The van der Waals surface area contributed by atoms with Gasteiger partial charge in [0.25, 0.3) is 0 Å². The maximum atomic E-state index is 5.92. The molecule has 4 unspecified atom stereocenters. The van der Waals surface area contributed by atoms with Crippen LogP contribution in [0.3, 0.4) is 0 Å². The second-order valence-corrected chi connectivity index (χ2v) is 21.0. The first-order valence-electron chi connectivity index (χ1n) is 24.0. The molecule has 4 aliphatic carbocycles. The van der Waals surface area contributed by atoms with Gasteiger partial charge in [-0.15, -0.1) is 0 Å². The molecule has 0 nitrogen and oxygen atoms in total. The van der Waals surface area contributed by atoms with Crippen molar-refractivity contribution < 1.29 is 0 Å². The van der Waals surface area contributed by atoms with E-state index in [1.165, 1.54) is 205 Å². The van der Waals surface area contributed by atoms with E-state index in [2.05, 4.69) is 55.5 Å². The topological polar surface area (TPSA) is 0 Å². The summed E-state index contributed by atoms with van der Waals surface area (Å²) in [6.45, 7) is 15.2. The molecular weight excluding hydrogens is 631 g/mol. The fourth-order valence-corrected chi connectivity index (χ4v) is 14.2. The molecule has 0 aromatic rings. The van der Waals surface area contributed by atoms with Crippen molar-refractivity contribution in [1.29, 1.82) is 0 Å². The van der Waals surface area contributed by atoms with E-state index < -0.39 is 0 Å². The van der Waals surface area contributed by atoms with Gasteiger partial charge in [-0.1, -0.05) is 214 Å². The highest BCUT2D eigenvalue weighted by atomic mass is 32.1. The maximum absolute atomic E-state index is 5.92. The molecule has 0 amide bonds. The zero-order chi connectivity index (χ0) is 36.8. The Balaban J connectivity index is 1.17. The largest absolute Gasteiger partial charge is 0.172 e. The molecule has 0 heterocycles. The van der Waals surface area contributed by atoms with Gasteiger partial charge in [-0.3, -0.25) is 0 Å². The Morgan fingerprint density at radius 2 is 1.18 bits per heavy atom. The number of rotatable bonds is 26. The van der Waals surface area contributed by atoms with E-state index in [9.17, 15) is 0 Å². The summed E-state index contributed by atoms with van der Waals surface area (Å²) < 4.78 is 0.209. The lowest BCUT2D eigenvalue weighted by molar-refractivity contribution is -0.0248. The van der Waals surface area contributed by atoms with E-state index in [4.69, 9.17) is 12.6 Å². The molecule has 3 saturated carbocycles. The van der Waals surface area contributed by atoms with Crippen LogP contribution < -0.4 is 0 Å². The molecule has 4 rings (SSSR count). The van der Waals surface area contributed by atoms with Crippen LogP contribution in [0.1, 0.15) is 247 Å². The molecule has 3 fully saturated rings. The highest BCUT2D eigenvalue weighted by Crippen LogP contribution is 2.77. The zero-order valence-corrected chi connectivity index (χ0v) is 36.9. The predicted octanol–water partition coefficient (Wildman–Crippen LogP) is 16.1. The van der Waals surface area contributed by atoms with Crippen molar-refractivity contribution in [3.8, 4) is 0 Å². The fourth-order valence-electron chi connectivity index (χ4n) is 13.4. The van der Waals surface area contributed by atoms with Crippen molar-refractivity contribution >= 4 is 20.5 Å². The van der Waals surface area contributed by atoms with Crippen LogP contribution in [-0.4, -0.2) is 12.6 Å². The smallest absolute Gasteiger partial charge is 0.111 e. The van der Waals surface area contributed by atoms with Gasteiger partial charge >= 0.3 is 0 Å². The standard InChI is InChI=1S/C49H91BS/c1-7-10-12-14-15-16-17-18-19-20-21-22-23-24-25-26-27-29-40(4)44-34-36-49(51)45-32-31-43-39-42(41(9-3)30-28-13-11-8-2)33-35-46(43,5)48(45,50)38-37-47(44,49)6/h31,40-42,44-45,51H,7-30,32-39,50H2,1-6H3/t40-,41?,42?,44?,45?,46+,47-,48-,49-/m1/s1. The minimum absolute atomic E-state index is 0.209. The van der Waals surface area contributed by atoms with E-state index >= 15 is 0 Å². The third-order valence-electron chi connectivity index (χ3n) is 17.3. The highest BCUT2D eigenvalue weighted by Gasteiger charge is 2.69. The van der Waals surface area contributed by atoms with E-state index in [1.54, 1.807) is 0 Å². The maximum Gasteiger partial charge on any atom is 0.111 e. The Morgan fingerprint density at radius 3 is 1.73 bits per heavy atom. The second kappa shape index (κ2) is 21.5. The molecule has 0 aromatic heterocycles. The number of thiol groups is 1. The van der Waals surface area contributed by atoms with Gasteiger partial charge in [-0.2, -0.15) is 12.6 Å². The molecule has 0 aromatic carbocycles. The summed E-state index contributed by atoms with van der Waals surface area (Å²) in [5, 5.41) is 0.415. The van der Waals surface area contributed by atoms with E-state index in [0.29, 0.717) is 16.1 Å². The number of unbranched alkanes of at least 4 members (excludes halogenated alkanes) is 19. The van der Waals surface area contributed by atoms with Crippen molar-refractivity contribution in [3.05, 3.63) is 11.6 Å². The minimum atomic E-state index is 0.209. The van der Waals surface area contributed by atoms with E-state index in [-0.39, 0.29) is 4.75 Å². The first-order valence-corrected chi connectivity index (χ1v) is 24.5. The molecule has 0 spiro atoms. The Labute approximate surface area is 328 Å². The van der Waals surface area contributed by atoms with Crippen molar-refractivity contribution in [3.63, 3.8) is 0 Å². The van der Waals surface area contributed by atoms with Crippen LogP contribution in [0.4, 0.5) is 0 Å². The average molecular weight is 723 g/mol. The van der Waals surface area contributed by atoms with Gasteiger partial charge in [-0.25, -0.2) is 0 Å². The molecule has 4 aliphatic rings. The molecular formula is C49H91BS. The lowest BCUT2D eigenvalue weighted by Crippen LogP contribution is -2.61. The number of allylic oxidation sites excluding steroid dienone is 2. The molecule has 0 N–H and O–H groups in total. The molecule has 51 heavy (non-hydrogen) atoms. The second-order valence-electron chi connectivity index (χ2n) is 20.2. The fraction of sp³-hybridized carbons (Fsp3) is 0.959. The van der Waals surface area contributed by atoms with Gasteiger partial charge in [0.05, 0.1) is 0 Å². The first-order chi connectivity index (χ1) is 24.6. The SMILES string of the molecule is B[C@]12CC[C@]3(C)C([C@H](C)CCCCCCCCCCCCCCCCCCC)CC[C@@]3(S)C1CC=C1CC(C(CC)CCCCCC)CC[C@@]12C. The summed E-state index contributed by atoms with van der Waals surface area (Å²) in [5.41, 5.74) is 2.67. The van der Waals surface area contributed by atoms with Crippen molar-refractivity contribution in [2.24, 2.45) is 40.4 Å². The minimum Gasteiger partial charge on any atom is -0.172 e. The van der Waals surface area contributed by atoms with Crippen LogP contribution in [0.2, 0.25) is 5.31 Å². The van der Waals surface area contributed by atoms with E-state index in [1.807, 2.05) is 5.57 Å². The summed E-state index contributed by atoms with van der Waals surface area (Å²) in [6, 6.07) is 0. The van der Waals surface area contributed by atoms with Gasteiger partial charge < -0.3 is 0 Å². The van der Waals surface area contributed by atoms with Crippen LogP contribution in [0, 0.1) is 40.4 Å². The lowest BCUT2D eigenvalue weighted by Gasteiger charge is -2.68. The van der Waals surface area contributed by atoms with Gasteiger partial charge in [-0.05, 0) is 90.7 Å². The van der Waals surface area contributed by atoms with Crippen LogP contribution in [0.25, 0.3) is 0 Å². The van der Waals surface area contributed by atoms with Crippen LogP contribution in [0.5, 0.6) is 0 Å². The number of hydrogen-bond donors (Lipinski definition) is 1. The van der Waals surface area contributed by atoms with Gasteiger partial charge in [0.2, 0.25) is 0 Å². The zero-order valence-electron chi connectivity index (χ0n) is 36.0. The van der Waals surface area contributed by atoms with Crippen molar-refractivity contribution in [2.75, 3.05) is 0 Å². The summed E-state index contributed by atoms with van der Waals surface area (Å²) in [7, 11) is 2.76. The van der Waals surface area contributed by atoms with Gasteiger partial charge in [0.1, 0.15) is 7.85 Å². The Kier molecular flexibility index (Phi) is 18.5. The average Bonchev–Trinajstić information content (AvgIpc) is 3.40. The molecule has 296 valence electrons. The third-order valence-corrected chi connectivity index (χ3v) is 18.3. The quantitative estimate of drug-likeness (QED) is 0.0391. The Morgan fingerprint density at radius 1 is 0.667 bits per heavy atom. The van der Waals surface area contributed by atoms with Crippen molar-refractivity contribution in [1.82, 2.24) is 0 Å². The Bertz CT molecular complexity index is 1000. The number of hydrogen-bond acceptors (Lipinski definition) is 1. The summed E-state index contributed by atoms with van der Waals surface area (Å²) >= 11 is 5.92. The van der Waals surface area contributed by atoms with E-state index in [0.717, 1.165) is 29.6 Å². The monoisotopic (exact) mass is 723 g/mol. The van der Waals surface area contributed by atoms with Crippen LogP contribution >= 0.6 is 12.6 Å². The Hall–Kier alpha value is 0.155. The van der Waals surface area contributed by atoms with Gasteiger partial charge in [0.15, 0.2) is 0 Å². The molecule has 0 saturated heterocycles. The van der Waals surface area contributed by atoms with Crippen LogP contribution in [-0.2, 0) is 0 Å². The lowest BCUT2D eigenvalue weighted by atomic mass is 9.33. The molecule has 2 heteroatoms. The normalized spacial score (nSPS) is 34.4. The molecule has 0 radical (unpaired) electrons. The molecule has 0 bridgehead atoms. The summed E-state index contributed by atoms with van der Waals surface area (Å²) in [4.78, 5) is 0. The summed E-state index contributed by atoms with van der Waals surface area (Å²) in [6.07, 6.45) is 49.0. The van der Waals surface area contributed by atoms with Gasteiger partial charge in [0, 0.05) is 4.75 Å². The third kappa shape index (κ3) is 10.5. The first kappa shape index (κ1) is 43.9. The predicted molar refractivity (Wildman–Crippen MR) is 235 cm³/mol. The van der Waals surface area contributed by atoms with Crippen molar-refractivity contribution in [2.45, 2.75) is 257 Å². The number of fused-ring (bicyclic) bond motifs is 5. The molecule has 9 atom stereocenters. The molecule has 0 aliphatic heterocycles. The summed E-state index contributed by atoms with van der Waals surface area (Å²) in [5.74, 6) is 4.34.